The van der Waals surface area contributed by atoms with Crippen LogP contribution in [0.5, 0.6) is 0 Å². The predicted octanol–water partition coefficient (Wildman–Crippen LogP) is 1.09. The monoisotopic (exact) mass is 242 g/mol. The van der Waals surface area contributed by atoms with E-state index in [1.807, 2.05) is 0 Å². The second-order valence-electron chi connectivity index (χ2n) is 3.43. The first kappa shape index (κ1) is 13.1. The Morgan fingerprint density at radius 1 is 1.41 bits per heavy atom. The van der Waals surface area contributed by atoms with Crippen LogP contribution in [0.2, 0.25) is 0 Å². The van der Waals surface area contributed by atoms with Gasteiger partial charge in [-0.15, -0.1) is 0 Å². The number of hydrogen-bond acceptors (Lipinski definition) is 3. The van der Waals surface area contributed by atoms with E-state index in [1.54, 1.807) is 6.92 Å². The lowest BCUT2D eigenvalue weighted by Crippen LogP contribution is -2.34. The molecule has 0 atom stereocenters. The molecule has 0 radical (unpaired) electrons. The molecule has 4 nitrogen and oxygen atoms in total. The summed E-state index contributed by atoms with van der Waals surface area (Å²) in [6.45, 7) is 1.57. The first-order chi connectivity index (χ1) is 7.99. The van der Waals surface area contributed by atoms with Crippen LogP contribution in [0, 0.1) is 11.6 Å². The molecule has 0 saturated carbocycles. The molecule has 0 aliphatic rings. The Hall–Kier alpha value is -1.98. The van der Waals surface area contributed by atoms with Crippen molar-refractivity contribution in [2.45, 2.75) is 6.92 Å². The molecule has 17 heavy (non-hydrogen) atoms. The van der Waals surface area contributed by atoms with Crippen molar-refractivity contribution in [3.8, 4) is 0 Å². The van der Waals surface area contributed by atoms with Crippen molar-refractivity contribution in [2.24, 2.45) is 5.73 Å². The lowest BCUT2D eigenvalue weighted by Gasteiger charge is -2.22. The van der Waals surface area contributed by atoms with E-state index in [0.29, 0.717) is 6.29 Å². The number of rotatable bonds is 5. The summed E-state index contributed by atoms with van der Waals surface area (Å²) in [6, 6.07) is 1.82. The van der Waals surface area contributed by atoms with Gasteiger partial charge in [0.15, 0.2) is 0 Å². The van der Waals surface area contributed by atoms with Crippen LogP contribution in [0.4, 0.5) is 14.5 Å². The van der Waals surface area contributed by atoms with Crippen LogP contribution in [-0.4, -0.2) is 25.3 Å². The summed E-state index contributed by atoms with van der Waals surface area (Å²) in [4.78, 5) is 22.4. The van der Waals surface area contributed by atoms with Crippen LogP contribution < -0.4 is 10.6 Å². The third-order valence-electron chi connectivity index (χ3n) is 2.22. The number of carbonyl (C=O) groups excluding carboxylic acids is 2. The van der Waals surface area contributed by atoms with Crippen LogP contribution in [0.1, 0.15) is 17.3 Å². The molecule has 0 aliphatic carbocycles. The number of hydrogen-bond donors (Lipinski definition) is 1. The van der Waals surface area contributed by atoms with Gasteiger partial charge in [0.1, 0.15) is 23.6 Å². The number of aldehydes is 1. The van der Waals surface area contributed by atoms with E-state index >= 15 is 0 Å². The fraction of sp³-hybridized carbons (Fsp3) is 0.273. The van der Waals surface area contributed by atoms with Gasteiger partial charge >= 0.3 is 0 Å². The zero-order valence-electron chi connectivity index (χ0n) is 9.24. The molecule has 2 N–H and O–H groups in total. The number of amides is 1. The van der Waals surface area contributed by atoms with E-state index in [1.165, 1.54) is 4.90 Å². The molecular weight excluding hydrogens is 230 g/mol. The molecule has 0 heterocycles. The number of nitrogens with two attached hydrogens (primary N) is 1. The van der Waals surface area contributed by atoms with Gasteiger partial charge in [-0.05, 0) is 19.1 Å². The number of carbonyl (C=O) groups is 2. The summed E-state index contributed by atoms with van der Waals surface area (Å²) in [6.07, 6.45) is 0.348. The van der Waals surface area contributed by atoms with Crippen molar-refractivity contribution in [1.82, 2.24) is 0 Å². The second kappa shape index (κ2) is 5.38. The zero-order valence-corrected chi connectivity index (χ0v) is 9.24. The van der Waals surface area contributed by atoms with Gasteiger partial charge in [-0.2, -0.15) is 0 Å². The number of halogens is 2. The smallest absolute Gasteiger partial charge is 0.236 e. The standard InChI is InChI=1S/C11H12F2N2O2/c1-2-15(5-10(14)17)11-8(12)3-7(6-16)4-9(11)13/h3-4,6H,2,5H2,1H3,(H2,14,17). The number of benzene rings is 1. The Balaban J connectivity index is 3.19. The van der Waals surface area contributed by atoms with Crippen molar-refractivity contribution >= 4 is 17.9 Å². The average molecular weight is 242 g/mol. The van der Waals surface area contributed by atoms with Gasteiger partial charge in [0.2, 0.25) is 5.91 Å². The van der Waals surface area contributed by atoms with E-state index < -0.39 is 17.5 Å². The van der Waals surface area contributed by atoms with Gasteiger partial charge in [-0.25, -0.2) is 8.78 Å². The Morgan fingerprint density at radius 2 is 1.94 bits per heavy atom. The largest absolute Gasteiger partial charge is 0.368 e. The maximum absolute atomic E-state index is 13.6. The molecule has 0 aromatic heterocycles. The van der Waals surface area contributed by atoms with E-state index in [-0.39, 0.29) is 24.3 Å². The van der Waals surface area contributed by atoms with Gasteiger partial charge in [0.25, 0.3) is 0 Å². The van der Waals surface area contributed by atoms with Crippen molar-refractivity contribution in [1.29, 1.82) is 0 Å². The Labute approximate surface area is 97.0 Å². The Bertz CT molecular complexity index is 426. The predicted molar refractivity (Wildman–Crippen MR) is 58.8 cm³/mol. The minimum atomic E-state index is -0.893. The van der Waals surface area contributed by atoms with E-state index in [4.69, 9.17) is 5.73 Å². The molecule has 0 aliphatic heterocycles. The molecule has 0 fully saturated rings. The van der Waals surface area contributed by atoms with Crippen LogP contribution in [0.25, 0.3) is 0 Å². The van der Waals surface area contributed by atoms with E-state index in [2.05, 4.69) is 0 Å². The molecule has 0 spiro atoms. The third kappa shape index (κ3) is 2.99. The fourth-order valence-electron chi connectivity index (χ4n) is 1.49. The number of anilines is 1. The summed E-state index contributed by atoms with van der Waals surface area (Å²) < 4.78 is 27.2. The number of primary amides is 1. The molecule has 0 saturated heterocycles. The van der Waals surface area contributed by atoms with Crippen LogP contribution >= 0.6 is 0 Å². The number of likely N-dealkylation sites (N-methyl/N-ethyl adjacent to an activating group) is 1. The molecule has 1 aromatic rings. The first-order valence-corrected chi connectivity index (χ1v) is 4.97. The van der Waals surface area contributed by atoms with E-state index in [9.17, 15) is 18.4 Å². The van der Waals surface area contributed by atoms with Crippen LogP contribution in [0.15, 0.2) is 12.1 Å². The highest BCUT2D eigenvalue weighted by molar-refractivity contribution is 5.80. The molecule has 0 bridgehead atoms. The van der Waals surface area contributed by atoms with Gasteiger partial charge in [-0.3, -0.25) is 9.59 Å². The molecule has 92 valence electrons. The normalized spacial score (nSPS) is 10.1. The van der Waals surface area contributed by atoms with Crippen molar-refractivity contribution in [3.05, 3.63) is 29.3 Å². The summed E-state index contributed by atoms with van der Waals surface area (Å²) in [7, 11) is 0. The minimum Gasteiger partial charge on any atom is -0.368 e. The highest BCUT2D eigenvalue weighted by Crippen LogP contribution is 2.24. The fourth-order valence-corrected chi connectivity index (χ4v) is 1.49. The highest BCUT2D eigenvalue weighted by atomic mass is 19.1. The lowest BCUT2D eigenvalue weighted by molar-refractivity contribution is -0.116. The van der Waals surface area contributed by atoms with E-state index in [0.717, 1.165) is 12.1 Å². The SMILES string of the molecule is CCN(CC(N)=O)c1c(F)cc(C=O)cc1F. The second-order valence-corrected chi connectivity index (χ2v) is 3.43. The molecule has 6 heteroatoms. The average Bonchev–Trinajstić information content (AvgIpc) is 2.25. The minimum absolute atomic E-state index is 0.0983. The maximum atomic E-state index is 13.6. The van der Waals surface area contributed by atoms with Gasteiger partial charge < -0.3 is 10.6 Å². The Kier molecular flexibility index (Phi) is 4.14. The molecule has 1 amide bonds. The summed E-state index contributed by atoms with van der Waals surface area (Å²) in [5.41, 5.74) is 4.53. The van der Waals surface area contributed by atoms with Crippen LogP contribution in [0.3, 0.4) is 0 Å². The van der Waals surface area contributed by atoms with Crippen molar-refractivity contribution in [3.63, 3.8) is 0 Å². The van der Waals surface area contributed by atoms with Crippen molar-refractivity contribution < 1.29 is 18.4 Å². The Morgan fingerprint density at radius 3 is 2.29 bits per heavy atom. The zero-order chi connectivity index (χ0) is 13.0. The molecular formula is C11H12F2N2O2. The third-order valence-corrected chi connectivity index (χ3v) is 2.22. The quantitative estimate of drug-likeness (QED) is 0.786. The maximum Gasteiger partial charge on any atom is 0.236 e. The molecule has 1 aromatic carbocycles. The van der Waals surface area contributed by atoms with Crippen LogP contribution in [-0.2, 0) is 4.79 Å². The summed E-state index contributed by atoms with van der Waals surface area (Å²) >= 11 is 0. The van der Waals surface area contributed by atoms with Gasteiger partial charge in [0, 0.05) is 12.1 Å². The van der Waals surface area contributed by atoms with Gasteiger partial charge in [0.05, 0.1) is 6.54 Å². The lowest BCUT2D eigenvalue weighted by atomic mass is 10.2. The highest BCUT2D eigenvalue weighted by Gasteiger charge is 2.18. The number of nitrogens with zero attached hydrogens (tertiary/aromatic N) is 1. The van der Waals surface area contributed by atoms with Crippen molar-refractivity contribution in [2.75, 3.05) is 18.0 Å². The van der Waals surface area contributed by atoms with Gasteiger partial charge in [-0.1, -0.05) is 0 Å². The summed E-state index contributed by atoms with van der Waals surface area (Å²) in [5.74, 6) is -2.48. The summed E-state index contributed by atoms with van der Waals surface area (Å²) in [5, 5.41) is 0. The first-order valence-electron chi connectivity index (χ1n) is 4.97. The topological polar surface area (TPSA) is 63.4 Å². The molecule has 0 unspecified atom stereocenters. The molecule has 1 rings (SSSR count).